The first kappa shape index (κ1) is 15.8. The topological polar surface area (TPSA) is 94.0 Å². The molecule has 24 heavy (non-hydrogen) atoms. The van der Waals surface area contributed by atoms with E-state index in [-0.39, 0.29) is 5.11 Å². The van der Waals surface area contributed by atoms with Crippen LogP contribution in [0.3, 0.4) is 0 Å². The van der Waals surface area contributed by atoms with Crippen molar-refractivity contribution in [3.8, 4) is 16.8 Å². The summed E-state index contributed by atoms with van der Waals surface area (Å²) in [6, 6.07) is 18.2. The summed E-state index contributed by atoms with van der Waals surface area (Å²) in [6.45, 7) is 0. The SMILES string of the molecule is NC(=S)N/N=C\Cc1nnnn1-c1ccc(-c2ccccc2)cc1. The molecular formula is C16H15N7S. The Labute approximate surface area is 144 Å². The molecule has 0 aliphatic heterocycles. The van der Waals surface area contributed by atoms with E-state index in [9.17, 15) is 0 Å². The Morgan fingerprint density at radius 2 is 1.83 bits per heavy atom. The fourth-order valence-corrected chi connectivity index (χ4v) is 2.25. The summed E-state index contributed by atoms with van der Waals surface area (Å²) >= 11 is 4.67. The predicted octanol–water partition coefficient (Wildman–Crippen LogP) is 1.69. The number of hydrazone groups is 1. The molecule has 0 aliphatic carbocycles. The maximum atomic E-state index is 5.30. The van der Waals surface area contributed by atoms with Gasteiger partial charge in [0.05, 0.1) is 5.69 Å². The molecule has 0 saturated heterocycles. The van der Waals surface area contributed by atoms with Gasteiger partial charge in [0.25, 0.3) is 0 Å². The van der Waals surface area contributed by atoms with Crippen molar-refractivity contribution in [1.82, 2.24) is 25.6 Å². The van der Waals surface area contributed by atoms with Gasteiger partial charge in [-0.1, -0.05) is 42.5 Å². The zero-order valence-electron chi connectivity index (χ0n) is 12.7. The Morgan fingerprint density at radius 3 is 2.54 bits per heavy atom. The van der Waals surface area contributed by atoms with Crippen molar-refractivity contribution in [3.05, 3.63) is 60.4 Å². The van der Waals surface area contributed by atoms with Gasteiger partial charge in [-0.25, -0.2) is 0 Å². The van der Waals surface area contributed by atoms with Crippen LogP contribution in [0.4, 0.5) is 0 Å². The number of aromatic nitrogens is 4. The van der Waals surface area contributed by atoms with Crippen molar-refractivity contribution in [2.45, 2.75) is 6.42 Å². The van der Waals surface area contributed by atoms with Crippen LogP contribution in [0.1, 0.15) is 5.82 Å². The molecule has 0 radical (unpaired) electrons. The Morgan fingerprint density at radius 1 is 1.12 bits per heavy atom. The van der Waals surface area contributed by atoms with Crippen LogP contribution in [0.25, 0.3) is 16.8 Å². The second-order valence-corrected chi connectivity index (χ2v) is 5.35. The number of rotatable bonds is 5. The van der Waals surface area contributed by atoms with Crippen LogP contribution in [-0.4, -0.2) is 31.5 Å². The Hall–Kier alpha value is -3.13. The molecule has 3 rings (SSSR count). The van der Waals surface area contributed by atoms with Gasteiger partial charge in [0.1, 0.15) is 0 Å². The van der Waals surface area contributed by atoms with Crippen LogP contribution >= 0.6 is 12.2 Å². The van der Waals surface area contributed by atoms with Gasteiger partial charge in [0.15, 0.2) is 10.9 Å². The van der Waals surface area contributed by atoms with Crippen LogP contribution < -0.4 is 11.2 Å². The van der Waals surface area contributed by atoms with Gasteiger partial charge < -0.3 is 5.73 Å². The third-order valence-corrected chi connectivity index (χ3v) is 3.38. The van der Waals surface area contributed by atoms with Crippen molar-refractivity contribution in [3.63, 3.8) is 0 Å². The lowest BCUT2D eigenvalue weighted by atomic mass is 10.1. The summed E-state index contributed by atoms with van der Waals surface area (Å²) in [4.78, 5) is 0. The van der Waals surface area contributed by atoms with Crippen LogP contribution in [0.2, 0.25) is 0 Å². The first-order valence-corrected chi connectivity index (χ1v) is 7.65. The molecule has 3 N–H and O–H groups in total. The summed E-state index contributed by atoms with van der Waals surface area (Å²) in [6.07, 6.45) is 2.06. The molecule has 120 valence electrons. The van der Waals surface area contributed by atoms with Crippen molar-refractivity contribution in [1.29, 1.82) is 0 Å². The third kappa shape index (κ3) is 3.79. The van der Waals surface area contributed by atoms with Crippen LogP contribution in [0.5, 0.6) is 0 Å². The van der Waals surface area contributed by atoms with Crippen LogP contribution in [0.15, 0.2) is 59.7 Å². The van der Waals surface area contributed by atoms with Crippen molar-refractivity contribution in [2.24, 2.45) is 10.8 Å². The molecule has 2 aromatic carbocycles. The fraction of sp³-hybridized carbons (Fsp3) is 0.0625. The second kappa shape index (κ2) is 7.42. The molecular weight excluding hydrogens is 322 g/mol. The smallest absolute Gasteiger partial charge is 0.184 e. The third-order valence-electron chi connectivity index (χ3n) is 3.29. The molecule has 0 bridgehead atoms. The van der Waals surface area contributed by atoms with Gasteiger partial charge >= 0.3 is 0 Å². The average molecular weight is 337 g/mol. The minimum Gasteiger partial charge on any atom is -0.375 e. The van der Waals surface area contributed by atoms with E-state index in [1.165, 1.54) is 0 Å². The maximum Gasteiger partial charge on any atom is 0.184 e. The molecule has 8 heteroatoms. The molecule has 3 aromatic rings. The maximum absolute atomic E-state index is 5.30. The fourth-order valence-electron chi connectivity index (χ4n) is 2.20. The second-order valence-electron chi connectivity index (χ2n) is 4.91. The number of nitrogens with one attached hydrogen (secondary N) is 1. The molecule has 0 atom stereocenters. The highest BCUT2D eigenvalue weighted by Crippen LogP contribution is 2.20. The van der Waals surface area contributed by atoms with E-state index < -0.39 is 0 Å². The quantitative estimate of drug-likeness (QED) is 0.418. The summed E-state index contributed by atoms with van der Waals surface area (Å²) < 4.78 is 1.67. The number of thiocarbonyl (C=S) groups is 1. The first-order chi connectivity index (χ1) is 11.7. The number of benzene rings is 2. The highest BCUT2D eigenvalue weighted by atomic mass is 32.1. The van der Waals surface area contributed by atoms with Gasteiger partial charge in [-0.2, -0.15) is 9.78 Å². The number of nitrogens with zero attached hydrogens (tertiary/aromatic N) is 5. The Bertz CT molecular complexity index is 840. The number of tetrazole rings is 1. The highest BCUT2D eigenvalue weighted by molar-refractivity contribution is 7.80. The minimum absolute atomic E-state index is 0.113. The van der Waals surface area contributed by atoms with Crippen molar-refractivity contribution >= 4 is 23.5 Å². The minimum atomic E-state index is 0.113. The van der Waals surface area contributed by atoms with Gasteiger partial charge in [-0.3, -0.25) is 5.43 Å². The van der Waals surface area contributed by atoms with Gasteiger partial charge in [0.2, 0.25) is 0 Å². The van der Waals surface area contributed by atoms with Crippen molar-refractivity contribution in [2.75, 3.05) is 0 Å². The summed E-state index contributed by atoms with van der Waals surface area (Å²) in [5.41, 5.74) is 11.0. The van der Waals surface area contributed by atoms with E-state index in [1.807, 2.05) is 42.5 Å². The van der Waals surface area contributed by atoms with E-state index in [2.05, 4.69) is 50.4 Å². The number of hydrogen-bond donors (Lipinski definition) is 2. The van der Waals surface area contributed by atoms with E-state index in [1.54, 1.807) is 10.9 Å². The standard InChI is InChI=1S/C16H15N7S/c17-16(24)20-18-11-10-15-19-21-22-23(15)14-8-6-13(7-9-14)12-4-2-1-3-5-12/h1-9,11H,10H2,(H3,17,20,24)/b18-11-. The summed E-state index contributed by atoms with van der Waals surface area (Å²) in [7, 11) is 0. The normalized spacial score (nSPS) is 10.8. The van der Waals surface area contributed by atoms with E-state index in [0.29, 0.717) is 12.2 Å². The molecule has 0 amide bonds. The van der Waals surface area contributed by atoms with E-state index in [0.717, 1.165) is 16.8 Å². The molecule has 0 unspecified atom stereocenters. The van der Waals surface area contributed by atoms with E-state index in [4.69, 9.17) is 5.73 Å². The number of nitrogens with two attached hydrogens (primary N) is 1. The van der Waals surface area contributed by atoms with Crippen molar-refractivity contribution < 1.29 is 0 Å². The zero-order chi connectivity index (χ0) is 16.8. The average Bonchev–Trinajstić information content (AvgIpc) is 3.08. The summed E-state index contributed by atoms with van der Waals surface area (Å²) in [5.74, 6) is 0.663. The lowest BCUT2D eigenvalue weighted by molar-refractivity contribution is 0.775. The van der Waals surface area contributed by atoms with E-state index >= 15 is 0 Å². The van der Waals surface area contributed by atoms with Gasteiger partial charge in [-0.05, 0) is 45.9 Å². The first-order valence-electron chi connectivity index (χ1n) is 7.24. The molecule has 0 saturated carbocycles. The monoisotopic (exact) mass is 337 g/mol. The molecule has 0 fully saturated rings. The lowest BCUT2D eigenvalue weighted by Gasteiger charge is -2.05. The van der Waals surface area contributed by atoms with Crippen LogP contribution in [0, 0.1) is 0 Å². The zero-order valence-corrected chi connectivity index (χ0v) is 13.5. The van der Waals surface area contributed by atoms with Gasteiger partial charge in [-0.15, -0.1) is 5.10 Å². The molecule has 1 heterocycles. The highest BCUT2D eigenvalue weighted by Gasteiger charge is 2.07. The molecule has 7 nitrogen and oxygen atoms in total. The van der Waals surface area contributed by atoms with Crippen LogP contribution in [-0.2, 0) is 6.42 Å². The molecule has 0 aliphatic rings. The predicted molar refractivity (Wildman–Crippen MR) is 96.7 cm³/mol. The largest absolute Gasteiger partial charge is 0.375 e. The summed E-state index contributed by atoms with van der Waals surface area (Å²) in [5, 5.41) is 15.8. The number of hydrogen-bond acceptors (Lipinski definition) is 5. The Balaban J connectivity index is 1.77. The Kier molecular flexibility index (Phi) is 4.87. The van der Waals surface area contributed by atoms with Gasteiger partial charge in [0, 0.05) is 12.6 Å². The molecule has 1 aromatic heterocycles. The lowest BCUT2D eigenvalue weighted by Crippen LogP contribution is -2.24. The molecule has 0 spiro atoms.